The highest BCUT2D eigenvalue weighted by Crippen LogP contribution is 2.17. The van der Waals surface area contributed by atoms with Gasteiger partial charge in [0.2, 0.25) is 11.8 Å². The topological polar surface area (TPSA) is 40.6 Å². The first-order valence-corrected chi connectivity index (χ1v) is 8.19. The lowest BCUT2D eigenvalue weighted by atomic mass is 9.99. The molecule has 2 amide bonds. The van der Waals surface area contributed by atoms with E-state index in [0.717, 1.165) is 31.5 Å². The third-order valence-electron chi connectivity index (χ3n) is 4.39. The van der Waals surface area contributed by atoms with Crippen LogP contribution in [-0.2, 0) is 16.1 Å². The lowest BCUT2D eigenvalue weighted by molar-refractivity contribution is -0.141. The van der Waals surface area contributed by atoms with Crippen LogP contribution in [0.3, 0.4) is 0 Å². The first kappa shape index (κ1) is 16.5. The zero-order valence-electron chi connectivity index (χ0n) is 13.6. The number of amides is 2. The number of piperidine rings is 1. The van der Waals surface area contributed by atoms with Crippen molar-refractivity contribution in [1.82, 2.24) is 9.80 Å². The normalized spacial score (nSPS) is 15.6. The molecule has 0 spiro atoms. The molecule has 1 aliphatic heterocycles. The van der Waals surface area contributed by atoms with Crippen molar-refractivity contribution in [3.05, 3.63) is 35.9 Å². The van der Waals surface area contributed by atoms with Crippen molar-refractivity contribution >= 4 is 11.8 Å². The van der Waals surface area contributed by atoms with Gasteiger partial charge in [0.1, 0.15) is 6.42 Å². The predicted octanol–water partition coefficient (Wildman–Crippen LogP) is 2.68. The van der Waals surface area contributed by atoms with Crippen LogP contribution in [0.15, 0.2) is 30.3 Å². The molecule has 22 heavy (non-hydrogen) atoms. The van der Waals surface area contributed by atoms with E-state index in [9.17, 15) is 9.59 Å². The second-order valence-corrected chi connectivity index (χ2v) is 6.13. The van der Waals surface area contributed by atoms with Gasteiger partial charge in [0.25, 0.3) is 0 Å². The Hall–Kier alpha value is -1.84. The van der Waals surface area contributed by atoms with E-state index in [1.165, 1.54) is 0 Å². The summed E-state index contributed by atoms with van der Waals surface area (Å²) in [7, 11) is 0. The van der Waals surface area contributed by atoms with Crippen LogP contribution >= 0.6 is 0 Å². The maximum Gasteiger partial charge on any atom is 0.232 e. The molecule has 1 saturated heterocycles. The summed E-state index contributed by atoms with van der Waals surface area (Å²) in [6.07, 6.45) is 2.08. The monoisotopic (exact) mass is 302 g/mol. The average molecular weight is 302 g/mol. The Labute approximate surface area is 133 Å². The summed E-state index contributed by atoms with van der Waals surface area (Å²) in [4.78, 5) is 28.2. The molecule has 4 heteroatoms. The number of carbonyl (C=O) groups is 2. The van der Waals surface area contributed by atoms with Crippen LogP contribution in [0.5, 0.6) is 0 Å². The van der Waals surface area contributed by atoms with E-state index in [-0.39, 0.29) is 18.2 Å². The van der Waals surface area contributed by atoms with Gasteiger partial charge in [-0.25, -0.2) is 0 Å². The van der Waals surface area contributed by atoms with Gasteiger partial charge in [0.05, 0.1) is 0 Å². The smallest absolute Gasteiger partial charge is 0.232 e. The van der Waals surface area contributed by atoms with Gasteiger partial charge in [-0.1, -0.05) is 37.3 Å². The largest absolute Gasteiger partial charge is 0.342 e. The number of carbonyl (C=O) groups excluding carboxylic acids is 2. The van der Waals surface area contributed by atoms with Gasteiger partial charge in [-0.2, -0.15) is 0 Å². The van der Waals surface area contributed by atoms with Crippen LogP contribution in [0, 0.1) is 5.92 Å². The van der Waals surface area contributed by atoms with Crippen LogP contribution in [0.4, 0.5) is 0 Å². The van der Waals surface area contributed by atoms with Gasteiger partial charge >= 0.3 is 0 Å². The summed E-state index contributed by atoms with van der Waals surface area (Å²) < 4.78 is 0. The minimum Gasteiger partial charge on any atom is -0.342 e. The molecule has 0 atom stereocenters. The summed E-state index contributed by atoms with van der Waals surface area (Å²) in [6.45, 7) is 6.94. The summed E-state index contributed by atoms with van der Waals surface area (Å²) in [5.41, 5.74) is 1.09. The van der Waals surface area contributed by atoms with E-state index in [4.69, 9.17) is 0 Å². The van der Waals surface area contributed by atoms with Crippen LogP contribution < -0.4 is 0 Å². The molecule has 0 radical (unpaired) electrons. The lowest BCUT2D eigenvalue weighted by Crippen LogP contribution is -2.41. The Kier molecular flexibility index (Phi) is 5.99. The zero-order valence-corrected chi connectivity index (χ0v) is 13.6. The Morgan fingerprint density at radius 3 is 2.41 bits per heavy atom. The standard InChI is InChI=1S/C18H26N2O2/c1-3-19(14-16-7-5-4-6-8-16)17(21)13-18(22)20-11-9-15(2)10-12-20/h4-8,15H,3,9-14H2,1-2H3. The lowest BCUT2D eigenvalue weighted by Gasteiger charge is -2.31. The molecule has 2 rings (SSSR count). The average Bonchev–Trinajstić information content (AvgIpc) is 2.54. The number of hydrogen-bond donors (Lipinski definition) is 0. The van der Waals surface area contributed by atoms with Crippen LogP contribution in [0.2, 0.25) is 0 Å². The fourth-order valence-corrected chi connectivity index (χ4v) is 2.79. The minimum absolute atomic E-state index is 0.00491. The highest BCUT2D eigenvalue weighted by Gasteiger charge is 2.24. The number of nitrogens with zero attached hydrogens (tertiary/aromatic N) is 2. The molecule has 4 nitrogen and oxygen atoms in total. The fourth-order valence-electron chi connectivity index (χ4n) is 2.79. The molecule has 1 fully saturated rings. The molecule has 0 unspecified atom stereocenters. The van der Waals surface area contributed by atoms with Gasteiger partial charge < -0.3 is 9.80 Å². The fraction of sp³-hybridized carbons (Fsp3) is 0.556. The van der Waals surface area contributed by atoms with E-state index in [1.807, 2.05) is 42.2 Å². The summed E-state index contributed by atoms with van der Waals surface area (Å²) >= 11 is 0. The highest BCUT2D eigenvalue weighted by atomic mass is 16.2. The van der Waals surface area contributed by atoms with Crippen molar-refractivity contribution in [1.29, 1.82) is 0 Å². The van der Waals surface area contributed by atoms with Gasteiger partial charge in [-0.05, 0) is 31.2 Å². The van der Waals surface area contributed by atoms with Crippen molar-refractivity contribution in [3.8, 4) is 0 Å². The van der Waals surface area contributed by atoms with Crippen molar-refractivity contribution in [2.75, 3.05) is 19.6 Å². The SMILES string of the molecule is CCN(Cc1ccccc1)C(=O)CC(=O)N1CCC(C)CC1. The summed E-state index contributed by atoms with van der Waals surface area (Å²) in [6, 6.07) is 9.90. The molecule has 1 heterocycles. The zero-order chi connectivity index (χ0) is 15.9. The van der Waals surface area contributed by atoms with Gasteiger partial charge in [0, 0.05) is 26.2 Å². The van der Waals surface area contributed by atoms with Gasteiger partial charge in [-0.3, -0.25) is 9.59 Å². The van der Waals surface area contributed by atoms with Crippen molar-refractivity contribution < 1.29 is 9.59 Å². The maximum atomic E-state index is 12.4. The number of likely N-dealkylation sites (tertiary alicyclic amines) is 1. The molecule has 0 aromatic heterocycles. The molecule has 0 bridgehead atoms. The number of rotatable bonds is 5. The molecule has 0 N–H and O–H groups in total. The molecule has 1 aromatic carbocycles. The van der Waals surface area contributed by atoms with Crippen LogP contribution in [0.25, 0.3) is 0 Å². The van der Waals surface area contributed by atoms with Crippen molar-refractivity contribution in [3.63, 3.8) is 0 Å². The van der Waals surface area contributed by atoms with E-state index in [1.54, 1.807) is 4.90 Å². The van der Waals surface area contributed by atoms with Crippen LogP contribution in [0.1, 0.15) is 38.7 Å². The first-order valence-electron chi connectivity index (χ1n) is 8.19. The van der Waals surface area contributed by atoms with E-state index < -0.39 is 0 Å². The highest BCUT2D eigenvalue weighted by molar-refractivity contribution is 5.96. The molecule has 0 saturated carbocycles. The number of hydrogen-bond acceptors (Lipinski definition) is 2. The summed E-state index contributed by atoms with van der Waals surface area (Å²) in [5, 5.41) is 0. The Balaban J connectivity index is 1.87. The Bertz CT molecular complexity index is 493. The second kappa shape index (κ2) is 7.97. The molecule has 0 aliphatic carbocycles. The molecule has 1 aromatic rings. The van der Waals surface area contributed by atoms with E-state index in [2.05, 4.69) is 6.92 Å². The first-order chi connectivity index (χ1) is 10.6. The Morgan fingerprint density at radius 2 is 1.82 bits per heavy atom. The second-order valence-electron chi connectivity index (χ2n) is 6.13. The predicted molar refractivity (Wildman–Crippen MR) is 87.1 cm³/mol. The van der Waals surface area contributed by atoms with E-state index in [0.29, 0.717) is 19.0 Å². The van der Waals surface area contributed by atoms with Crippen LogP contribution in [-0.4, -0.2) is 41.2 Å². The molecule has 120 valence electrons. The van der Waals surface area contributed by atoms with Gasteiger partial charge in [-0.15, -0.1) is 0 Å². The number of benzene rings is 1. The third-order valence-corrected chi connectivity index (χ3v) is 4.39. The van der Waals surface area contributed by atoms with Crippen molar-refractivity contribution in [2.45, 2.75) is 39.7 Å². The minimum atomic E-state index is -0.0741. The molecule has 1 aliphatic rings. The third kappa shape index (κ3) is 4.58. The molecular formula is C18H26N2O2. The van der Waals surface area contributed by atoms with Crippen molar-refractivity contribution in [2.24, 2.45) is 5.92 Å². The summed E-state index contributed by atoms with van der Waals surface area (Å²) in [5.74, 6) is 0.586. The van der Waals surface area contributed by atoms with Gasteiger partial charge in [0.15, 0.2) is 0 Å². The van der Waals surface area contributed by atoms with E-state index >= 15 is 0 Å². The Morgan fingerprint density at radius 1 is 1.18 bits per heavy atom. The quantitative estimate of drug-likeness (QED) is 0.785. The molecular weight excluding hydrogens is 276 g/mol. The maximum absolute atomic E-state index is 12.4.